The topological polar surface area (TPSA) is 48.7 Å². The summed E-state index contributed by atoms with van der Waals surface area (Å²) >= 11 is 0. The second kappa shape index (κ2) is 5.40. The lowest BCUT2D eigenvalue weighted by molar-refractivity contribution is 0.0492. The first-order valence-electron chi connectivity index (χ1n) is 5.69. The standard InChI is InChI=1S/C14H14O4/c1-3-7-17-11-5-6-12-10(8-11)9-13(18-12)14(15)16-4-2/h3,5-6,8-9H,1,4,7H2,2H3. The maximum absolute atomic E-state index is 11.5. The highest BCUT2D eigenvalue weighted by Gasteiger charge is 2.13. The molecule has 0 saturated carbocycles. The minimum absolute atomic E-state index is 0.202. The van der Waals surface area contributed by atoms with E-state index in [9.17, 15) is 4.79 Å². The normalized spacial score (nSPS) is 10.3. The molecule has 0 saturated heterocycles. The number of ether oxygens (including phenoxy) is 2. The fourth-order valence-corrected chi connectivity index (χ4v) is 1.57. The lowest BCUT2D eigenvalue weighted by atomic mass is 10.2. The Labute approximate surface area is 105 Å². The highest BCUT2D eigenvalue weighted by Crippen LogP contribution is 2.24. The number of furan rings is 1. The minimum Gasteiger partial charge on any atom is -0.490 e. The molecule has 0 fully saturated rings. The molecule has 0 radical (unpaired) electrons. The molecule has 4 nitrogen and oxygen atoms in total. The van der Waals surface area contributed by atoms with Gasteiger partial charge in [0.15, 0.2) is 0 Å². The average Bonchev–Trinajstić information content (AvgIpc) is 2.79. The smallest absolute Gasteiger partial charge is 0.374 e. The number of rotatable bonds is 5. The van der Waals surface area contributed by atoms with Crippen LogP contribution < -0.4 is 4.74 Å². The summed E-state index contributed by atoms with van der Waals surface area (Å²) in [5, 5.41) is 0.805. The molecule has 0 N–H and O–H groups in total. The third kappa shape index (κ3) is 2.53. The molecular formula is C14H14O4. The summed E-state index contributed by atoms with van der Waals surface area (Å²) < 4.78 is 15.7. The van der Waals surface area contributed by atoms with Crippen molar-refractivity contribution in [2.24, 2.45) is 0 Å². The molecule has 0 spiro atoms. The van der Waals surface area contributed by atoms with Gasteiger partial charge in [0.2, 0.25) is 5.76 Å². The van der Waals surface area contributed by atoms with Gasteiger partial charge in [-0.3, -0.25) is 0 Å². The van der Waals surface area contributed by atoms with Gasteiger partial charge in [-0.1, -0.05) is 12.7 Å². The predicted molar refractivity (Wildman–Crippen MR) is 67.9 cm³/mol. The van der Waals surface area contributed by atoms with Gasteiger partial charge in [-0.2, -0.15) is 0 Å². The van der Waals surface area contributed by atoms with Crippen LogP contribution in [-0.2, 0) is 4.74 Å². The molecule has 0 amide bonds. The van der Waals surface area contributed by atoms with Crippen LogP contribution in [0.1, 0.15) is 17.5 Å². The molecular weight excluding hydrogens is 232 g/mol. The third-order valence-corrected chi connectivity index (χ3v) is 2.33. The van der Waals surface area contributed by atoms with E-state index in [2.05, 4.69) is 6.58 Å². The van der Waals surface area contributed by atoms with Crippen molar-refractivity contribution in [1.29, 1.82) is 0 Å². The Morgan fingerprint density at radius 1 is 1.44 bits per heavy atom. The molecule has 0 atom stereocenters. The van der Waals surface area contributed by atoms with E-state index in [1.54, 1.807) is 31.2 Å². The van der Waals surface area contributed by atoms with E-state index in [4.69, 9.17) is 13.9 Å². The van der Waals surface area contributed by atoms with Crippen LogP contribution >= 0.6 is 0 Å². The molecule has 0 bridgehead atoms. The molecule has 1 aromatic heterocycles. The Balaban J connectivity index is 2.27. The second-order valence-corrected chi connectivity index (χ2v) is 3.63. The molecule has 0 unspecified atom stereocenters. The number of carbonyl (C=O) groups excluding carboxylic acids is 1. The van der Waals surface area contributed by atoms with Crippen molar-refractivity contribution in [3.8, 4) is 5.75 Å². The molecule has 18 heavy (non-hydrogen) atoms. The Morgan fingerprint density at radius 2 is 2.28 bits per heavy atom. The molecule has 94 valence electrons. The van der Waals surface area contributed by atoms with E-state index >= 15 is 0 Å². The van der Waals surface area contributed by atoms with Crippen LogP contribution in [0.4, 0.5) is 0 Å². The molecule has 2 rings (SSSR count). The Morgan fingerprint density at radius 3 is 3.00 bits per heavy atom. The number of benzene rings is 1. The van der Waals surface area contributed by atoms with Gasteiger partial charge in [0.25, 0.3) is 0 Å². The molecule has 0 aliphatic heterocycles. The van der Waals surface area contributed by atoms with E-state index in [1.165, 1.54) is 0 Å². The van der Waals surface area contributed by atoms with Crippen molar-refractivity contribution in [2.45, 2.75) is 6.92 Å². The van der Waals surface area contributed by atoms with E-state index < -0.39 is 5.97 Å². The van der Waals surface area contributed by atoms with Crippen molar-refractivity contribution in [3.05, 3.63) is 42.7 Å². The van der Waals surface area contributed by atoms with Crippen molar-refractivity contribution in [1.82, 2.24) is 0 Å². The monoisotopic (exact) mass is 246 g/mol. The Bertz CT molecular complexity index is 568. The molecule has 2 aromatic rings. The highest BCUT2D eigenvalue weighted by atomic mass is 16.5. The quantitative estimate of drug-likeness (QED) is 0.600. The lowest BCUT2D eigenvalue weighted by Crippen LogP contribution is -2.02. The van der Waals surface area contributed by atoms with Crippen LogP contribution in [0.25, 0.3) is 11.0 Å². The summed E-state index contributed by atoms with van der Waals surface area (Å²) in [6.07, 6.45) is 1.67. The maximum Gasteiger partial charge on any atom is 0.374 e. The first-order valence-corrected chi connectivity index (χ1v) is 5.69. The molecule has 4 heteroatoms. The van der Waals surface area contributed by atoms with Crippen molar-refractivity contribution in [3.63, 3.8) is 0 Å². The number of carbonyl (C=O) groups is 1. The van der Waals surface area contributed by atoms with Gasteiger partial charge >= 0.3 is 5.97 Å². The summed E-state index contributed by atoms with van der Waals surface area (Å²) in [5.74, 6) is 0.452. The van der Waals surface area contributed by atoms with Crippen LogP contribution in [0.15, 0.2) is 41.3 Å². The molecule has 1 aromatic carbocycles. The van der Waals surface area contributed by atoms with Gasteiger partial charge in [-0.05, 0) is 31.2 Å². The van der Waals surface area contributed by atoms with Gasteiger partial charge in [0, 0.05) is 5.39 Å². The van der Waals surface area contributed by atoms with E-state index in [0.717, 1.165) is 5.39 Å². The minimum atomic E-state index is -0.456. The zero-order chi connectivity index (χ0) is 13.0. The molecule has 0 aliphatic carbocycles. The van der Waals surface area contributed by atoms with Gasteiger partial charge in [0.1, 0.15) is 17.9 Å². The largest absolute Gasteiger partial charge is 0.490 e. The third-order valence-electron chi connectivity index (χ3n) is 2.33. The van der Waals surface area contributed by atoms with E-state index in [0.29, 0.717) is 24.5 Å². The zero-order valence-electron chi connectivity index (χ0n) is 10.1. The second-order valence-electron chi connectivity index (χ2n) is 3.63. The van der Waals surface area contributed by atoms with Gasteiger partial charge < -0.3 is 13.9 Å². The van der Waals surface area contributed by atoms with Crippen LogP contribution in [-0.4, -0.2) is 19.2 Å². The van der Waals surface area contributed by atoms with Crippen LogP contribution in [0.5, 0.6) is 5.75 Å². The lowest BCUT2D eigenvalue weighted by Gasteiger charge is -2.01. The molecule has 0 aliphatic rings. The Hall–Kier alpha value is -2.23. The van der Waals surface area contributed by atoms with E-state index in [-0.39, 0.29) is 5.76 Å². The summed E-state index contributed by atoms with van der Waals surface area (Å²) in [6.45, 7) is 6.09. The summed E-state index contributed by atoms with van der Waals surface area (Å²) in [7, 11) is 0. The van der Waals surface area contributed by atoms with Gasteiger partial charge in [-0.25, -0.2) is 4.79 Å². The summed E-state index contributed by atoms with van der Waals surface area (Å²) in [4.78, 5) is 11.5. The van der Waals surface area contributed by atoms with Crippen molar-refractivity contribution < 1.29 is 18.7 Å². The zero-order valence-corrected chi connectivity index (χ0v) is 10.1. The van der Waals surface area contributed by atoms with E-state index in [1.807, 2.05) is 6.07 Å². The van der Waals surface area contributed by atoms with Gasteiger partial charge in [-0.15, -0.1) is 0 Å². The van der Waals surface area contributed by atoms with Crippen LogP contribution in [0.3, 0.4) is 0 Å². The predicted octanol–water partition coefficient (Wildman–Crippen LogP) is 3.17. The maximum atomic E-state index is 11.5. The Kier molecular flexibility index (Phi) is 3.67. The number of fused-ring (bicyclic) bond motifs is 1. The average molecular weight is 246 g/mol. The van der Waals surface area contributed by atoms with Crippen LogP contribution in [0, 0.1) is 0 Å². The van der Waals surface area contributed by atoms with Crippen molar-refractivity contribution >= 4 is 16.9 Å². The number of hydrogen-bond donors (Lipinski definition) is 0. The number of hydrogen-bond acceptors (Lipinski definition) is 4. The van der Waals surface area contributed by atoms with Gasteiger partial charge in [0.05, 0.1) is 6.61 Å². The fraction of sp³-hybridized carbons (Fsp3) is 0.214. The fourth-order valence-electron chi connectivity index (χ4n) is 1.57. The first-order chi connectivity index (χ1) is 8.74. The summed E-state index contributed by atoms with van der Waals surface area (Å²) in [6, 6.07) is 7.00. The summed E-state index contributed by atoms with van der Waals surface area (Å²) in [5.41, 5.74) is 0.629. The molecule has 1 heterocycles. The van der Waals surface area contributed by atoms with Crippen LogP contribution in [0.2, 0.25) is 0 Å². The highest BCUT2D eigenvalue weighted by molar-refractivity contribution is 5.92. The SMILES string of the molecule is C=CCOc1ccc2oc(C(=O)OCC)cc2c1. The van der Waals surface area contributed by atoms with Crippen molar-refractivity contribution in [2.75, 3.05) is 13.2 Å². The first kappa shape index (κ1) is 12.2. The number of esters is 1.